The molecule has 1 fully saturated rings. The Balaban J connectivity index is 1.77. The summed E-state index contributed by atoms with van der Waals surface area (Å²) < 4.78 is 37.8. The predicted octanol–water partition coefficient (Wildman–Crippen LogP) is 0.647. The van der Waals surface area contributed by atoms with Gasteiger partial charge in [-0.25, -0.2) is 9.97 Å². The van der Waals surface area contributed by atoms with Gasteiger partial charge in [-0.2, -0.15) is 13.2 Å². The van der Waals surface area contributed by atoms with E-state index in [-0.39, 0.29) is 11.9 Å². The fourth-order valence-electron chi connectivity index (χ4n) is 2.52. The Morgan fingerprint density at radius 1 is 1.23 bits per heavy atom. The first kappa shape index (κ1) is 19.7. The van der Waals surface area contributed by atoms with E-state index >= 15 is 0 Å². The van der Waals surface area contributed by atoms with Gasteiger partial charge in [0.25, 0.3) is 0 Å². The summed E-state index contributed by atoms with van der Waals surface area (Å²) in [6, 6.07) is 0.825. The largest absolute Gasteiger partial charge is 0.433 e. The molecule has 1 aromatic heterocycles. The third-order valence-corrected chi connectivity index (χ3v) is 3.87. The average Bonchev–Trinajstić information content (AvgIpc) is 2.61. The second kappa shape index (κ2) is 8.68. The van der Waals surface area contributed by atoms with E-state index in [2.05, 4.69) is 25.6 Å². The van der Waals surface area contributed by atoms with Crippen molar-refractivity contribution in [3.63, 3.8) is 0 Å². The van der Waals surface area contributed by atoms with Gasteiger partial charge in [0, 0.05) is 59.4 Å². The molecule has 0 aromatic carbocycles. The number of carbonyl (C=O) groups excluding carboxylic acids is 1. The van der Waals surface area contributed by atoms with Gasteiger partial charge in [-0.15, -0.1) is 0 Å². The van der Waals surface area contributed by atoms with Crippen LogP contribution < -0.4 is 10.6 Å². The van der Waals surface area contributed by atoms with E-state index in [1.54, 1.807) is 18.9 Å². The molecule has 0 radical (unpaired) electrons. The van der Waals surface area contributed by atoms with Crippen LogP contribution in [0.3, 0.4) is 0 Å². The fourth-order valence-corrected chi connectivity index (χ4v) is 2.52. The molecule has 0 atom stereocenters. The third kappa shape index (κ3) is 5.46. The summed E-state index contributed by atoms with van der Waals surface area (Å²) in [5, 5.41) is 5.88. The van der Waals surface area contributed by atoms with E-state index in [1.807, 2.05) is 4.90 Å². The molecule has 1 saturated heterocycles. The van der Waals surface area contributed by atoms with Crippen LogP contribution in [0.1, 0.15) is 12.6 Å². The van der Waals surface area contributed by atoms with Gasteiger partial charge in [0.05, 0.1) is 0 Å². The first-order valence-corrected chi connectivity index (χ1v) is 8.16. The summed E-state index contributed by atoms with van der Waals surface area (Å²) in [6.07, 6.45) is -3.43. The van der Waals surface area contributed by atoms with Crippen LogP contribution in [0.4, 0.5) is 19.1 Å². The van der Waals surface area contributed by atoms with E-state index < -0.39 is 11.9 Å². The SMILES string of the molecule is CN=C(NCCNc1nccc(C(F)(F)F)n1)N1CCN(C(C)=O)CC1. The fraction of sp³-hybridized carbons (Fsp3) is 0.600. The van der Waals surface area contributed by atoms with Gasteiger partial charge >= 0.3 is 6.18 Å². The van der Waals surface area contributed by atoms with Crippen LogP contribution in [0.25, 0.3) is 0 Å². The van der Waals surface area contributed by atoms with Crippen molar-refractivity contribution in [2.75, 3.05) is 51.6 Å². The highest BCUT2D eigenvalue weighted by molar-refractivity contribution is 5.80. The molecule has 0 bridgehead atoms. The monoisotopic (exact) mass is 373 g/mol. The summed E-state index contributed by atoms with van der Waals surface area (Å²) in [5.41, 5.74) is -0.984. The second-order valence-electron chi connectivity index (χ2n) is 5.66. The van der Waals surface area contributed by atoms with E-state index in [4.69, 9.17) is 0 Å². The first-order chi connectivity index (χ1) is 12.3. The molecular formula is C15H22F3N7O. The number of anilines is 1. The molecule has 0 saturated carbocycles. The molecule has 1 aromatic rings. The van der Waals surface area contributed by atoms with Crippen molar-refractivity contribution in [3.05, 3.63) is 18.0 Å². The van der Waals surface area contributed by atoms with Gasteiger partial charge < -0.3 is 20.4 Å². The Morgan fingerprint density at radius 2 is 1.88 bits per heavy atom. The smallest absolute Gasteiger partial charge is 0.354 e. The molecule has 2 heterocycles. The molecule has 2 N–H and O–H groups in total. The summed E-state index contributed by atoms with van der Waals surface area (Å²) in [5.74, 6) is 0.657. The first-order valence-electron chi connectivity index (χ1n) is 8.16. The van der Waals surface area contributed by atoms with Crippen LogP contribution in [0, 0.1) is 0 Å². The van der Waals surface area contributed by atoms with Gasteiger partial charge in [0.15, 0.2) is 5.96 Å². The maximum atomic E-state index is 12.6. The lowest BCUT2D eigenvalue weighted by Crippen LogP contribution is -2.53. The van der Waals surface area contributed by atoms with E-state index in [0.29, 0.717) is 45.2 Å². The zero-order chi connectivity index (χ0) is 19.2. The van der Waals surface area contributed by atoms with Gasteiger partial charge in [-0.05, 0) is 6.07 Å². The summed E-state index contributed by atoms with van der Waals surface area (Å²) >= 11 is 0. The third-order valence-electron chi connectivity index (χ3n) is 3.87. The van der Waals surface area contributed by atoms with Crippen LogP contribution in [0.2, 0.25) is 0 Å². The van der Waals surface area contributed by atoms with Gasteiger partial charge in [-0.1, -0.05) is 0 Å². The van der Waals surface area contributed by atoms with Crippen molar-refractivity contribution < 1.29 is 18.0 Å². The normalized spacial score (nSPS) is 15.8. The lowest BCUT2D eigenvalue weighted by Gasteiger charge is -2.36. The second-order valence-corrected chi connectivity index (χ2v) is 5.66. The number of alkyl halides is 3. The Kier molecular flexibility index (Phi) is 6.58. The van der Waals surface area contributed by atoms with E-state index in [1.165, 1.54) is 0 Å². The lowest BCUT2D eigenvalue weighted by molar-refractivity contribution is -0.141. The topological polar surface area (TPSA) is 85.8 Å². The zero-order valence-corrected chi connectivity index (χ0v) is 14.7. The van der Waals surface area contributed by atoms with Crippen LogP contribution in [0.15, 0.2) is 17.3 Å². The van der Waals surface area contributed by atoms with Crippen molar-refractivity contribution in [2.24, 2.45) is 4.99 Å². The van der Waals surface area contributed by atoms with E-state index in [0.717, 1.165) is 12.3 Å². The highest BCUT2D eigenvalue weighted by Crippen LogP contribution is 2.27. The number of hydrogen-bond donors (Lipinski definition) is 2. The minimum absolute atomic E-state index is 0.0536. The lowest BCUT2D eigenvalue weighted by atomic mass is 10.3. The Morgan fingerprint density at radius 3 is 2.46 bits per heavy atom. The number of halogens is 3. The van der Waals surface area contributed by atoms with Crippen molar-refractivity contribution in [2.45, 2.75) is 13.1 Å². The Bertz CT molecular complexity index is 642. The number of aliphatic imine (C=N–C) groups is 1. The molecule has 11 heteroatoms. The number of carbonyl (C=O) groups is 1. The van der Waals surface area contributed by atoms with Gasteiger partial charge in [-0.3, -0.25) is 9.79 Å². The maximum absolute atomic E-state index is 12.6. The summed E-state index contributed by atoms with van der Waals surface area (Å²) in [7, 11) is 1.66. The minimum atomic E-state index is -4.50. The van der Waals surface area contributed by atoms with Crippen LogP contribution in [-0.4, -0.2) is 78.0 Å². The molecule has 1 amide bonds. The average molecular weight is 373 g/mol. The molecule has 0 spiro atoms. The highest BCUT2D eigenvalue weighted by Gasteiger charge is 2.32. The highest BCUT2D eigenvalue weighted by atomic mass is 19.4. The number of guanidine groups is 1. The minimum Gasteiger partial charge on any atom is -0.354 e. The molecule has 0 aliphatic carbocycles. The number of hydrogen-bond acceptors (Lipinski definition) is 5. The zero-order valence-electron chi connectivity index (χ0n) is 14.7. The molecule has 144 valence electrons. The number of piperazine rings is 1. The molecular weight excluding hydrogens is 351 g/mol. The Hall–Kier alpha value is -2.59. The Labute approximate surface area is 149 Å². The van der Waals surface area contributed by atoms with Crippen LogP contribution in [0.5, 0.6) is 0 Å². The molecule has 26 heavy (non-hydrogen) atoms. The number of amides is 1. The van der Waals surface area contributed by atoms with Crippen LogP contribution >= 0.6 is 0 Å². The standard InChI is InChI=1S/C15H22F3N7O/c1-11(26)24-7-9-25(10-8-24)14(19-2)22-6-5-21-13-20-4-3-12(23-13)15(16,17)18/h3-4H,5-10H2,1-2H3,(H,19,22)(H,20,21,23). The van der Waals surface area contributed by atoms with Crippen molar-refractivity contribution in [1.82, 2.24) is 25.1 Å². The molecule has 2 rings (SSSR count). The summed E-state index contributed by atoms with van der Waals surface area (Å²) in [4.78, 5) is 26.6. The number of rotatable bonds is 4. The molecule has 8 nitrogen and oxygen atoms in total. The number of nitrogens with one attached hydrogen (secondary N) is 2. The van der Waals surface area contributed by atoms with Gasteiger partial charge in [0.1, 0.15) is 5.69 Å². The number of aromatic nitrogens is 2. The molecule has 1 aliphatic rings. The summed E-state index contributed by atoms with van der Waals surface area (Å²) in [6.45, 7) is 4.91. The quantitative estimate of drug-likeness (QED) is 0.458. The van der Waals surface area contributed by atoms with Crippen LogP contribution in [-0.2, 0) is 11.0 Å². The predicted molar refractivity (Wildman–Crippen MR) is 90.7 cm³/mol. The van der Waals surface area contributed by atoms with Crippen molar-refractivity contribution in [3.8, 4) is 0 Å². The molecule has 1 aliphatic heterocycles. The van der Waals surface area contributed by atoms with Gasteiger partial charge in [0.2, 0.25) is 11.9 Å². The maximum Gasteiger partial charge on any atom is 0.433 e. The van der Waals surface area contributed by atoms with Crippen molar-refractivity contribution in [1.29, 1.82) is 0 Å². The van der Waals surface area contributed by atoms with E-state index in [9.17, 15) is 18.0 Å². The molecule has 0 unspecified atom stereocenters. The van der Waals surface area contributed by atoms with Crippen molar-refractivity contribution >= 4 is 17.8 Å². The number of nitrogens with zero attached hydrogens (tertiary/aromatic N) is 5.